The zero-order chi connectivity index (χ0) is 23.3. The van der Waals surface area contributed by atoms with Gasteiger partial charge in [-0.2, -0.15) is 0 Å². The van der Waals surface area contributed by atoms with E-state index in [1.54, 1.807) is 6.07 Å². The minimum absolute atomic E-state index is 0.256. The van der Waals surface area contributed by atoms with E-state index in [1.807, 2.05) is 24.3 Å². The molecular formula is C27H31NO4S. The second kappa shape index (κ2) is 10.5. The van der Waals surface area contributed by atoms with Crippen LogP contribution in [0.4, 0.5) is 0 Å². The van der Waals surface area contributed by atoms with Crippen LogP contribution in [0.5, 0.6) is 0 Å². The van der Waals surface area contributed by atoms with Gasteiger partial charge in [0.05, 0.1) is 4.90 Å². The number of rotatable bonds is 13. The largest absolute Gasteiger partial charge is 0.481 e. The van der Waals surface area contributed by atoms with Crippen molar-refractivity contribution in [3.63, 3.8) is 0 Å². The molecule has 0 aliphatic heterocycles. The van der Waals surface area contributed by atoms with Crippen LogP contribution in [-0.2, 0) is 14.8 Å². The van der Waals surface area contributed by atoms with Gasteiger partial charge in [0, 0.05) is 18.4 Å². The van der Waals surface area contributed by atoms with Crippen LogP contribution in [0, 0.1) is 0 Å². The van der Waals surface area contributed by atoms with E-state index in [9.17, 15) is 13.2 Å². The zero-order valence-electron chi connectivity index (χ0n) is 18.8. The highest BCUT2D eigenvalue weighted by Crippen LogP contribution is 2.37. The topological polar surface area (TPSA) is 83.5 Å². The van der Waals surface area contributed by atoms with E-state index in [2.05, 4.69) is 29.0 Å². The average Bonchev–Trinajstić information content (AvgIpc) is 2.80. The quantitative estimate of drug-likeness (QED) is 0.175. The molecule has 0 aliphatic rings. The standard InChI is InChI=1S/C27H31NO4S/c29-25(30)12-7-5-3-1-2-4-6-8-19-28-33(31,32)24-18-16-22-14-13-20-10-9-11-21-15-17-23(24)27(22)26(20)21/h9-11,13-18,28H,1-8,12,19H2,(H,29,30). The number of hydrogen-bond acceptors (Lipinski definition) is 3. The van der Waals surface area contributed by atoms with E-state index >= 15 is 0 Å². The Kier molecular flexibility index (Phi) is 7.46. The molecular weight excluding hydrogens is 434 g/mol. The highest BCUT2D eigenvalue weighted by atomic mass is 32.2. The molecule has 4 aromatic carbocycles. The molecule has 0 bridgehead atoms. The van der Waals surface area contributed by atoms with Crippen LogP contribution < -0.4 is 4.72 Å². The Balaban J connectivity index is 1.33. The summed E-state index contributed by atoms with van der Waals surface area (Å²) < 4.78 is 29.0. The first-order valence-electron chi connectivity index (χ1n) is 11.9. The van der Waals surface area contributed by atoms with Crippen molar-refractivity contribution in [3.05, 3.63) is 54.6 Å². The number of sulfonamides is 1. The Bertz CT molecular complexity index is 1330. The summed E-state index contributed by atoms with van der Waals surface area (Å²) in [5.74, 6) is -0.723. The third-order valence-electron chi connectivity index (χ3n) is 6.39. The van der Waals surface area contributed by atoms with E-state index in [-0.39, 0.29) is 6.42 Å². The normalized spacial score (nSPS) is 12.2. The lowest BCUT2D eigenvalue weighted by atomic mass is 9.94. The summed E-state index contributed by atoms with van der Waals surface area (Å²) in [7, 11) is -3.60. The van der Waals surface area contributed by atoms with Crippen molar-refractivity contribution >= 4 is 48.3 Å². The number of carbonyl (C=O) groups is 1. The lowest BCUT2D eigenvalue weighted by Crippen LogP contribution is -2.25. The molecule has 174 valence electrons. The van der Waals surface area contributed by atoms with Gasteiger partial charge in [-0.25, -0.2) is 13.1 Å². The van der Waals surface area contributed by atoms with E-state index < -0.39 is 16.0 Å². The van der Waals surface area contributed by atoms with Crippen LogP contribution in [0.25, 0.3) is 32.3 Å². The van der Waals surface area contributed by atoms with Crippen LogP contribution in [-0.4, -0.2) is 26.0 Å². The minimum Gasteiger partial charge on any atom is -0.481 e. The zero-order valence-corrected chi connectivity index (χ0v) is 19.7. The maximum atomic E-state index is 13.1. The number of carboxylic acid groups (broad SMARTS) is 1. The van der Waals surface area contributed by atoms with Crippen molar-refractivity contribution in [3.8, 4) is 0 Å². The third-order valence-corrected chi connectivity index (χ3v) is 7.91. The smallest absolute Gasteiger partial charge is 0.303 e. The molecule has 0 fully saturated rings. The Labute approximate surface area is 195 Å². The predicted octanol–water partition coefficient (Wildman–Crippen LogP) is 6.46. The van der Waals surface area contributed by atoms with Crippen molar-refractivity contribution in [2.24, 2.45) is 0 Å². The molecule has 4 rings (SSSR count). The molecule has 33 heavy (non-hydrogen) atoms. The van der Waals surface area contributed by atoms with Gasteiger partial charge in [0.25, 0.3) is 0 Å². The number of benzene rings is 4. The fraction of sp³-hybridized carbons (Fsp3) is 0.370. The average molecular weight is 466 g/mol. The Hall–Kier alpha value is -2.70. The van der Waals surface area contributed by atoms with E-state index in [0.29, 0.717) is 11.4 Å². The lowest BCUT2D eigenvalue weighted by molar-refractivity contribution is -0.137. The summed E-state index contributed by atoms with van der Waals surface area (Å²) in [4.78, 5) is 10.8. The maximum absolute atomic E-state index is 13.1. The molecule has 0 spiro atoms. The van der Waals surface area contributed by atoms with Gasteiger partial charge in [0.15, 0.2) is 0 Å². The van der Waals surface area contributed by atoms with Crippen molar-refractivity contribution in [1.29, 1.82) is 0 Å². The monoisotopic (exact) mass is 465 g/mol. The molecule has 0 aromatic heterocycles. The molecule has 4 aromatic rings. The van der Waals surface area contributed by atoms with Crippen molar-refractivity contribution in [1.82, 2.24) is 4.72 Å². The van der Waals surface area contributed by atoms with Gasteiger partial charge in [-0.15, -0.1) is 0 Å². The van der Waals surface area contributed by atoms with Crippen LogP contribution >= 0.6 is 0 Å². The van der Waals surface area contributed by atoms with Gasteiger partial charge in [0.2, 0.25) is 10.0 Å². The van der Waals surface area contributed by atoms with Crippen molar-refractivity contribution in [2.75, 3.05) is 6.54 Å². The van der Waals surface area contributed by atoms with Crippen molar-refractivity contribution < 1.29 is 18.3 Å². The van der Waals surface area contributed by atoms with Crippen LogP contribution in [0.1, 0.15) is 57.8 Å². The number of carboxylic acids is 1. The predicted molar refractivity (Wildman–Crippen MR) is 135 cm³/mol. The molecule has 0 saturated heterocycles. The molecule has 0 amide bonds. The second-order valence-electron chi connectivity index (χ2n) is 8.79. The Morgan fingerprint density at radius 3 is 1.91 bits per heavy atom. The molecule has 0 unspecified atom stereocenters. The highest BCUT2D eigenvalue weighted by Gasteiger charge is 2.19. The van der Waals surface area contributed by atoms with Crippen LogP contribution in [0.3, 0.4) is 0 Å². The van der Waals surface area contributed by atoms with Gasteiger partial charge >= 0.3 is 5.97 Å². The molecule has 0 saturated carbocycles. The Morgan fingerprint density at radius 2 is 1.24 bits per heavy atom. The molecule has 0 aliphatic carbocycles. The minimum atomic E-state index is -3.60. The molecule has 0 atom stereocenters. The fourth-order valence-corrected chi connectivity index (χ4v) is 5.96. The van der Waals surface area contributed by atoms with E-state index in [0.717, 1.165) is 83.7 Å². The van der Waals surface area contributed by atoms with E-state index in [1.165, 1.54) is 0 Å². The summed E-state index contributed by atoms with van der Waals surface area (Å²) in [5, 5.41) is 14.8. The molecule has 2 N–H and O–H groups in total. The molecule has 5 nitrogen and oxygen atoms in total. The molecule has 0 heterocycles. The number of hydrogen-bond donors (Lipinski definition) is 2. The second-order valence-corrected chi connectivity index (χ2v) is 10.5. The summed E-state index contributed by atoms with van der Waals surface area (Å²) in [6, 6.07) is 17.9. The lowest BCUT2D eigenvalue weighted by Gasteiger charge is -2.14. The summed E-state index contributed by atoms with van der Waals surface area (Å²) in [6.07, 6.45) is 8.11. The van der Waals surface area contributed by atoms with Crippen LogP contribution in [0.2, 0.25) is 0 Å². The summed E-state index contributed by atoms with van der Waals surface area (Å²) in [5.41, 5.74) is 0. The fourth-order valence-electron chi connectivity index (χ4n) is 4.69. The molecule has 6 heteroatoms. The number of aliphatic carboxylic acids is 1. The van der Waals surface area contributed by atoms with E-state index in [4.69, 9.17) is 5.11 Å². The Morgan fingerprint density at radius 1 is 0.697 bits per heavy atom. The SMILES string of the molecule is O=C(O)CCCCCCCCCCNS(=O)(=O)c1ccc2ccc3cccc4ccc1c2c34. The summed E-state index contributed by atoms with van der Waals surface area (Å²) >= 11 is 0. The number of nitrogens with one attached hydrogen (secondary N) is 1. The van der Waals surface area contributed by atoms with Crippen molar-refractivity contribution in [2.45, 2.75) is 62.7 Å². The van der Waals surface area contributed by atoms with Gasteiger partial charge in [0.1, 0.15) is 0 Å². The van der Waals surface area contributed by atoms with Gasteiger partial charge in [-0.05, 0) is 45.8 Å². The highest BCUT2D eigenvalue weighted by molar-refractivity contribution is 7.89. The molecule has 0 radical (unpaired) electrons. The summed E-state index contributed by atoms with van der Waals surface area (Å²) in [6.45, 7) is 0.433. The van der Waals surface area contributed by atoms with Crippen LogP contribution in [0.15, 0.2) is 59.5 Å². The van der Waals surface area contributed by atoms with Gasteiger partial charge < -0.3 is 5.11 Å². The first-order chi connectivity index (χ1) is 16.0. The third kappa shape index (κ3) is 5.45. The first kappa shape index (κ1) is 23.5. The first-order valence-corrected chi connectivity index (χ1v) is 13.3. The van der Waals surface area contributed by atoms with Gasteiger partial charge in [-0.3, -0.25) is 4.79 Å². The maximum Gasteiger partial charge on any atom is 0.303 e. The number of unbranched alkanes of at least 4 members (excludes halogenated alkanes) is 7. The van der Waals surface area contributed by atoms with Gasteiger partial charge in [-0.1, -0.05) is 87.1 Å².